The van der Waals surface area contributed by atoms with E-state index in [4.69, 9.17) is 4.74 Å². The van der Waals surface area contributed by atoms with Gasteiger partial charge in [0.15, 0.2) is 0 Å². The molecule has 3 aromatic heterocycles. The number of aromatic amines is 1. The first-order valence-electron chi connectivity index (χ1n) is 9.89. The molecule has 0 aliphatic carbocycles. The summed E-state index contributed by atoms with van der Waals surface area (Å²) in [5, 5.41) is 12.5. The first-order valence-corrected chi connectivity index (χ1v) is 9.89. The molecule has 8 heteroatoms. The van der Waals surface area contributed by atoms with Crippen LogP contribution in [0.5, 0.6) is 0 Å². The second-order valence-electron chi connectivity index (χ2n) is 7.91. The minimum Gasteiger partial charge on any atom is -0.379 e. The van der Waals surface area contributed by atoms with E-state index in [1.807, 2.05) is 32.3 Å². The molecule has 1 fully saturated rings. The highest BCUT2D eigenvalue weighted by atomic mass is 19.1. The Bertz CT molecular complexity index is 1200. The number of hydrogen-bond donors (Lipinski definition) is 1. The van der Waals surface area contributed by atoms with Crippen molar-refractivity contribution in [2.24, 2.45) is 7.05 Å². The summed E-state index contributed by atoms with van der Waals surface area (Å²) in [6.07, 6.45) is 5.66. The fourth-order valence-corrected chi connectivity index (χ4v) is 4.11. The summed E-state index contributed by atoms with van der Waals surface area (Å²) < 4.78 is 22.2. The first kappa shape index (κ1) is 18.9. The lowest BCUT2D eigenvalue weighted by atomic mass is 9.99. The number of pyridine rings is 1. The van der Waals surface area contributed by atoms with Crippen LogP contribution in [-0.2, 0) is 18.3 Å². The number of aryl methyl sites for hydroxylation is 2. The van der Waals surface area contributed by atoms with Crippen LogP contribution in [0.3, 0.4) is 0 Å². The van der Waals surface area contributed by atoms with Gasteiger partial charge in [-0.3, -0.25) is 19.7 Å². The number of aromatic nitrogens is 5. The fourth-order valence-electron chi connectivity index (χ4n) is 4.11. The summed E-state index contributed by atoms with van der Waals surface area (Å²) in [6.45, 7) is 4.42. The van der Waals surface area contributed by atoms with Crippen molar-refractivity contribution in [2.45, 2.75) is 19.6 Å². The largest absolute Gasteiger partial charge is 0.379 e. The van der Waals surface area contributed by atoms with Gasteiger partial charge in [-0.1, -0.05) is 6.07 Å². The Kier molecular flexibility index (Phi) is 4.60. The predicted octanol–water partition coefficient (Wildman–Crippen LogP) is 3.30. The fraction of sp³-hybridized carbons (Fsp3) is 0.318. The molecule has 1 aliphatic rings. The van der Waals surface area contributed by atoms with E-state index in [2.05, 4.69) is 25.2 Å². The van der Waals surface area contributed by atoms with Gasteiger partial charge in [-0.15, -0.1) is 0 Å². The summed E-state index contributed by atoms with van der Waals surface area (Å²) in [4.78, 5) is 6.74. The van der Waals surface area contributed by atoms with Gasteiger partial charge in [0, 0.05) is 56.5 Å². The molecule has 1 saturated heterocycles. The van der Waals surface area contributed by atoms with E-state index in [0.717, 1.165) is 52.9 Å². The number of rotatable bonds is 5. The number of benzene rings is 1. The molecule has 0 spiro atoms. The number of methoxy groups -OCH3 is 1. The van der Waals surface area contributed by atoms with Crippen LogP contribution in [-0.4, -0.2) is 56.2 Å². The van der Waals surface area contributed by atoms with E-state index in [1.54, 1.807) is 30.3 Å². The molecule has 0 unspecified atom stereocenters. The number of hydrogen-bond acceptors (Lipinski definition) is 5. The molecular weight excluding hydrogens is 383 g/mol. The molecule has 0 radical (unpaired) electrons. The Labute approximate surface area is 173 Å². The third-order valence-corrected chi connectivity index (χ3v) is 5.69. The van der Waals surface area contributed by atoms with Gasteiger partial charge in [-0.2, -0.15) is 10.2 Å². The van der Waals surface area contributed by atoms with E-state index < -0.39 is 0 Å². The number of ether oxygens (including phenoxy) is 1. The van der Waals surface area contributed by atoms with Crippen LogP contribution in [0.25, 0.3) is 33.4 Å². The minimum absolute atomic E-state index is 0.257. The molecule has 1 N–H and O–H groups in total. The van der Waals surface area contributed by atoms with E-state index >= 15 is 4.39 Å². The summed E-state index contributed by atoms with van der Waals surface area (Å²) in [7, 11) is 3.59. The average Bonchev–Trinajstić information content (AvgIpc) is 3.29. The Morgan fingerprint density at radius 2 is 2.07 bits per heavy atom. The van der Waals surface area contributed by atoms with Gasteiger partial charge in [0.1, 0.15) is 11.5 Å². The molecule has 0 atom stereocenters. The van der Waals surface area contributed by atoms with Gasteiger partial charge in [0.2, 0.25) is 0 Å². The molecule has 1 aliphatic heterocycles. The van der Waals surface area contributed by atoms with Crippen molar-refractivity contribution < 1.29 is 9.13 Å². The molecule has 30 heavy (non-hydrogen) atoms. The van der Waals surface area contributed by atoms with E-state index in [-0.39, 0.29) is 11.9 Å². The average molecular weight is 406 g/mol. The van der Waals surface area contributed by atoms with Crippen LogP contribution in [0.4, 0.5) is 4.39 Å². The second-order valence-corrected chi connectivity index (χ2v) is 7.91. The molecule has 154 valence electrons. The van der Waals surface area contributed by atoms with Gasteiger partial charge < -0.3 is 4.74 Å². The zero-order valence-electron chi connectivity index (χ0n) is 17.2. The van der Waals surface area contributed by atoms with Crippen molar-refractivity contribution in [2.75, 3.05) is 20.2 Å². The molecule has 0 amide bonds. The van der Waals surface area contributed by atoms with Crippen LogP contribution in [0.15, 0.2) is 36.8 Å². The van der Waals surface area contributed by atoms with E-state index in [1.165, 1.54) is 0 Å². The molecular formula is C22H23FN6O. The zero-order valence-corrected chi connectivity index (χ0v) is 17.2. The number of fused-ring (bicyclic) bond motifs is 1. The molecule has 5 rings (SSSR count). The highest BCUT2D eigenvalue weighted by Gasteiger charge is 2.26. The number of likely N-dealkylation sites (tertiary alicyclic amines) is 1. The lowest BCUT2D eigenvalue weighted by Gasteiger charge is -2.38. The number of nitrogens with zero attached hydrogens (tertiary/aromatic N) is 5. The second kappa shape index (κ2) is 7.30. The van der Waals surface area contributed by atoms with E-state index in [9.17, 15) is 0 Å². The highest BCUT2D eigenvalue weighted by molar-refractivity contribution is 5.94. The van der Waals surface area contributed by atoms with Crippen molar-refractivity contribution in [3.8, 4) is 22.5 Å². The molecule has 4 heterocycles. The smallest absolute Gasteiger partial charge is 0.133 e. The van der Waals surface area contributed by atoms with Crippen molar-refractivity contribution in [1.82, 2.24) is 29.9 Å². The van der Waals surface area contributed by atoms with Gasteiger partial charge in [-0.25, -0.2) is 4.39 Å². The lowest BCUT2D eigenvalue weighted by Crippen LogP contribution is -2.50. The van der Waals surface area contributed by atoms with Gasteiger partial charge in [0.25, 0.3) is 0 Å². The molecule has 0 saturated carbocycles. The third-order valence-electron chi connectivity index (χ3n) is 5.69. The number of halogens is 1. The summed E-state index contributed by atoms with van der Waals surface area (Å²) in [6, 6.07) is 5.55. The molecule has 4 aromatic rings. The van der Waals surface area contributed by atoms with Gasteiger partial charge >= 0.3 is 0 Å². The molecule has 1 aromatic carbocycles. The monoisotopic (exact) mass is 406 g/mol. The lowest BCUT2D eigenvalue weighted by molar-refractivity contribution is -0.0334. The summed E-state index contributed by atoms with van der Waals surface area (Å²) in [5.41, 5.74) is 5.43. The Morgan fingerprint density at radius 3 is 2.77 bits per heavy atom. The quantitative estimate of drug-likeness (QED) is 0.551. The minimum atomic E-state index is -0.257. The third kappa shape index (κ3) is 3.28. The van der Waals surface area contributed by atoms with Crippen molar-refractivity contribution in [3.05, 3.63) is 53.7 Å². The van der Waals surface area contributed by atoms with Crippen molar-refractivity contribution >= 4 is 10.9 Å². The van der Waals surface area contributed by atoms with Gasteiger partial charge in [0.05, 0.1) is 29.7 Å². The van der Waals surface area contributed by atoms with Crippen molar-refractivity contribution in [3.63, 3.8) is 0 Å². The standard InChI is InChI=1S/C22H23FN6O/c1-13-4-14(9-29-11-16(12-29)30-3)5-18(23)21(13)19-6-17-20(8-24-19)26-27-22(17)15-7-25-28(2)10-15/h4-8,10,16H,9,11-12H2,1-3H3,(H,26,27). The van der Waals surface area contributed by atoms with Crippen LogP contribution < -0.4 is 0 Å². The van der Waals surface area contributed by atoms with Crippen molar-refractivity contribution in [1.29, 1.82) is 0 Å². The van der Waals surface area contributed by atoms with Crippen LogP contribution >= 0.6 is 0 Å². The predicted molar refractivity (Wildman–Crippen MR) is 112 cm³/mol. The van der Waals surface area contributed by atoms with Crippen LogP contribution in [0.2, 0.25) is 0 Å². The highest BCUT2D eigenvalue weighted by Crippen LogP contribution is 2.32. The molecule has 0 bridgehead atoms. The van der Waals surface area contributed by atoms with Gasteiger partial charge in [-0.05, 0) is 30.2 Å². The maximum atomic E-state index is 15.1. The Morgan fingerprint density at radius 1 is 1.23 bits per heavy atom. The Hall–Kier alpha value is -3.10. The number of H-pyrrole nitrogens is 1. The maximum Gasteiger partial charge on any atom is 0.133 e. The maximum absolute atomic E-state index is 15.1. The number of nitrogens with one attached hydrogen (secondary N) is 1. The van der Waals surface area contributed by atoms with Crippen LogP contribution in [0.1, 0.15) is 11.1 Å². The zero-order chi connectivity index (χ0) is 20.8. The summed E-state index contributed by atoms with van der Waals surface area (Å²) in [5.74, 6) is -0.257. The SMILES string of the molecule is COC1CN(Cc2cc(C)c(-c3cc4c(-c5cnn(C)c5)n[nH]c4cn3)c(F)c2)C1. The normalized spacial score (nSPS) is 15.1. The topological polar surface area (TPSA) is 71.9 Å². The Balaban J connectivity index is 1.49. The van der Waals surface area contributed by atoms with E-state index in [0.29, 0.717) is 11.3 Å². The van der Waals surface area contributed by atoms with Crippen LogP contribution in [0, 0.1) is 12.7 Å². The molecule has 7 nitrogen and oxygen atoms in total. The summed E-state index contributed by atoms with van der Waals surface area (Å²) >= 11 is 0. The first-order chi connectivity index (χ1) is 14.5.